The predicted molar refractivity (Wildman–Crippen MR) is 67.1 cm³/mol. The second kappa shape index (κ2) is 4.43. The van der Waals surface area contributed by atoms with Crippen LogP contribution in [0.1, 0.15) is 19.4 Å². The highest BCUT2D eigenvalue weighted by Crippen LogP contribution is 2.22. The van der Waals surface area contributed by atoms with Crippen molar-refractivity contribution >= 4 is 17.3 Å². The molecule has 0 aliphatic carbocycles. The van der Waals surface area contributed by atoms with E-state index in [2.05, 4.69) is 5.32 Å². The van der Waals surface area contributed by atoms with E-state index in [0.29, 0.717) is 12.2 Å². The third-order valence-electron chi connectivity index (χ3n) is 2.60. The van der Waals surface area contributed by atoms with Gasteiger partial charge in [0.15, 0.2) is 0 Å². The Morgan fingerprint density at radius 3 is 2.62 bits per heavy atom. The monoisotopic (exact) mass is 221 g/mol. The number of anilines is 2. The lowest BCUT2D eigenvalue weighted by molar-refractivity contribution is -0.125. The number of hydrogen-bond acceptors (Lipinski definition) is 3. The lowest BCUT2D eigenvalue weighted by atomic mass is 9.92. The molecule has 1 aromatic carbocycles. The first-order chi connectivity index (χ1) is 7.33. The minimum atomic E-state index is -0.587. The summed E-state index contributed by atoms with van der Waals surface area (Å²) in [6, 6.07) is 5.74. The van der Waals surface area contributed by atoms with Crippen molar-refractivity contribution in [3.8, 4) is 0 Å². The van der Waals surface area contributed by atoms with Crippen LogP contribution in [0.3, 0.4) is 0 Å². The summed E-state index contributed by atoms with van der Waals surface area (Å²) < 4.78 is 0. The number of hydrogen-bond donors (Lipinski definition) is 3. The van der Waals surface area contributed by atoms with Crippen molar-refractivity contribution in [1.29, 1.82) is 0 Å². The maximum absolute atomic E-state index is 11.1. The van der Waals surface area contributed by atoms with Crippen molar-refractivity contribution in [2.75, 3.05) is 17.6 Å². The van der Waals surface area contributed by atoms with Crippen molar-refractivity contribution < 1.29 is 4.79 Å². The van der Waals surface area contributed by atoms with Gasteiger partial charge in [0.2, 0.25) is 5.91 Å². The molecule has 0 saturated carbocycles. The predicted octanol–water partition coefficient (Wildman–Crippen LogP) is 1.50. The Balaban J connectivity index is 2.75. The second-order valence-corrected chi connectivity index (χ2v) is 4.69. The Labute approximate surface area is 96.0 Å². The van der Waals surface area contributed by atoms with Gasteiger partial charge in [-0.3, -0.25) is 4.79 Å². The van der Waals surface area contributed by atoms with Crippen LogP contribution in [0.25, 0.3) is 0 Å². The molecule has 16 heavy (non-hydrogen) atoms. The van der Waals surface area contributed by atoms with Crippen LogP contribution in [-0.2, 0) is 4.79 Å². The van der Waals surface area contributed by atoms with Crippen LogP contribution in [0.2, 0.25) is 0 Å². The van der Waals surface area contributed by atoms with Crippen molar-refractivity contribution in [3.05, 3.63) is 23.8 Å². The number of nitrogens with two attached hydrogens (primary N) is 2. The standard InChI is InChI=1S/C12H19N3O/c1-8-4-5-9(13)10(6-8)15-7-12(2,3)11(14)16/h4-6,15H,7,13H2,1-3H3,(H2,14,16). The number of nitrogens with one attached hydrogen (secondary N) is 1. The number of amides is 1. The zero-order valence-corrected chi connectivity index (χ0v) is 10.0. The SMILES string of the molecule is Cc1ccc(N)c(NCC(C)(C)C(N)=O)c1. The van der Waals surface area contributed by atoms with Gasteiger partial charge in [-0.1, -0.05) is 6.07 Å². The summed E-state index contributed by atoms with van der Waals surface area (Å²) in [4.78, 5) is 11.1. The van der Waals surface area contributed by atoms with Gasteiger partial charge in [0.1, 0.15) is 0 Å². The molecule has 4 nitrogen and oxygen atoms in total. The van der Waals surface area contributed by atoms with Gasteiger partial charge in [0, 0.05) is 6.54 Å². The first kappa shape index (κ1) is 12.4. The zero-order chi connectivity index (χ0) is 12.3. The van der Waals surface area contributed by atoms with Gasteiger partial charge >= 0.3 is 0 Å². The fourth-order valence-electron chi connectivity index (χ4n) is 1.23. The third-order valence-corrected chi connectivity index (χ3v) is 2.60. The highest BCUT2D eigenvalue weighted by molar-refractivity contribution is 5.81. The van der Waals surface area contributed by atoms with Crippen molar-refractivity contribution in [2.45, 2.75) is 20.8 Å². The smallest absolute Gasteiger partial charge is 0.224 e. The Morgan fingerprint density at radius 1 is 1.44 bits per heavy atom. The highest BCUT2D eigenvalue weighted by atomic mass is 16.1. The van der Waals surface area contributed by atoms with Gasteiger partial charge in [-0.15, -0.1) is 0 Å². The number of benzene rings is 1. The number of carbonyl (C=O) groups excluding carboxylic acids is 1. The molecule has 0 unspecified atom stereocenters. The maximum Gasteiger partial charge on any atom is 0.224 e. The van der Waals surface area contributed by atoms with Crippen LogP contribution in [0.4, 0.5) is 11.4 Å². The molecule has 1 aromatic rings. The molecule has 0 aromatic heterocycles. The van der Waals surface area contributed by atoms with Crippen LogP contribution in [0.15, 0.2) is 18.2 Å². The van der Waals surface area contributed by atoms with E-state index in [1.54, 1.807) is 13.8 Å². The molecule has 0 aliphatic heterocycles. The summed E-state index contributed by atoms with van der Waals surface area (Å²) in [5.41, 5.74) is 13.2. The van der Waals surface area contributed by atoms with E-state index in [-0.39, 0.29) is 5.91 Å². The first-order valence-electron chi connectivity index (χ1n) is 5.23. The van der Waals surface area contributed by atoms with E-state index in [0.717, 1.165) is 11.3 Å². The molecule has 4 heteroatoms. The Kier molecular flexibility index (Phi) is 3.42. The normalized spacial score (nSPS) is 11.2. The van der Waals surface area contributed by atoms with Crippen LogP contribution < -0.4 is 16.8 Å². The molecule has 0 aliphatic rings. The summed E-state index contributed by atoms with van der Waals surface area (Å²) in [7, 11) is 0. The summed E-state index contributed by atoms with van der Waals surface area (Å²) in [6.07, 6.45) is 0. The van der Waals surface area contributed by atoms with E-state index in [9.17, 15) is 4.79 Å². The van der Waals surface area contributed by atoms with Gasteiger partial charge in [-0.2, -0.15) is 0 Å². The van der Waals surface area contributed by atoms with Crippen molar-refractivity contribution in [1.82, 2.24) is 0 Å². The Bertz CT molecular complexity index is 399. The topological polar surface area (TPSA) is 81.1 Å². The molecular weight excluding hydrogens is 202 g/mol. The second-order valence-electron chi connectivity index (χ2n) is 4.69. The summed E-state index contributed by atoms with van der Waals surface area (Å²) in [6.45, 7) is 6.06. The van der Waals surface area contributed by atoms with E-state index in [1.807, 2.05) is 25.1 Å². The van der Waals surface area contributed by atoms with Gasteiger partial charge in [0.05, 0.1) is 16.8 Å². The zero-order valence-electron chi connectivity index (χ0n) is 10.0. The maximum atomic E-state index is 11.1. The van der Waals surface area contributed by atoms with E-state index < -0.39 is 5.41 Å². The summed E-state index contributed by atoms with van der Waals surface area (Å²) >= 11 is 0. The number of rotatable bonds is 4. The number of carbonyl (C=O) groups is 1. The number of primary amides is 1. The van der Waals surface area contributed by atoms with Crippen molar-refractivity contribution in [2.24, 2.45) is 11.1 Å². The molecule has 1 rings (SSSR count). The molecule has 0 radical (unpaired) electrons. The van der Waals surface area contributed by atoms with Crippen LogP contribution in [0.5, 0.6) is 0 Å². The molecule has 0 atom stereocenters. The van der Waals surface area contributed by atoms with Crippen molar-refractivity contribution in [3.63, 3.8) is 0 Å². The van der Waals surface area contributed by atoms with Crippen LogP contribution in [0, 0.1) is 12.3 Å². The molecule has 0 fully saturated rings. The number of nitrogen functional groups attached to an aromatic ring is 1. The average molecular weight is 221 g/mol. The fourth-order valence-corrected chi connectivity index (χ4v) is 1.23. The minimum absolute atomic E-state index is 0.328. The summed E-state index contributed by atoms with van der Waals surface area (Å²) in [5.74, 6) is -0.328. The largest absolute Gasteiger partial charge is 0.397 e. The molecule has 0 bridgehead atoms. The van der Waals surface area contributed by atoms with Gasteiger partial charge in [-0.05, 0) is 38.5 Å². The highest BCUT2D eigenvalue weighted by Gasteiger charge is 2.24. The van der Waals surface area contributed by atoms with Gasteiger partial charge in [-0.25, -0.2) is 0 Å². The fraction of sp³-hybridized carbons (Fsp3) is 0.417. The molecule has 0 heterocycles. The van der Waals surface area contributed by atoms with Gasteiger partial charge in [0.25, 0.3) is 0 Å². The van der Waals surface area contributed by atoms with Crippen LogP contribution >= 0.6 is 0 Å². The molecule has 88 valence electrons. The molecule has 5 N–H and O–H groups in total. The Hall–Kier alpha value is -1.71. The van der Waals surface area contributed by atoms with E-state index in [1.165, 1.54) is 0 Å². The third kappa shape index (κ3) is 2.89. The minimum Gasteiger partial charge on any atom is -0.397 e. The lowest BCUT2D eigenvalue weighted by Crippen LogP contribution is -2.37. The lowest BCUT2D eigenvalue weighted by Gasteiger charge is -2.22. The van der Waals surface area contributed by atoms with Gasteiger partial charge < -0.3 is 16.8 Å². The Morgan fingerprint density at radius 2 is 2.06 bits per heavy atom. The number of aryl methyl sites for hydroxylation is 1. The van der Waals surface area contributed by atoms with E-state index in [4.69, 9.17) is 11.5 Å². The summed E-state index contributed by atoms with van der Waals surface area (Å²) in [5, 5.41) is 3.15. The molecular formula is C12H19N3O. The van der Waals surface area contributed by atoms with Crippen LogP contribution in [-0.4, -0.2) is 12.5 Å². The van der Waals surface area contributed by atoms with E-state index >= 15 is 0 Å². The molecule has 1 amide bonds. The first-order valence-corrected chi connectivity index (χ1v) is 5.23. The molecule has 0 spiro atoms. The average Bonchev–Trinajstić information content (AvgIpc) is 2.19. The molecule has 0 saturated heterocycles. The quantitative estimate of drug-likeness (QED) is 0.674.